The Morgan fingerprint density at radius 2 is 2.15 bits per heavy atom. The smallest absolute Gasteiger partial charge is 0.0508 e. The molecule has 1 atom stereocenters. The van der Waals surface area contributed by atoms with Gasteiger partial charge in [0, 0.05) is 32.3 Å². The third-order valence-corrected chi connectivity index (χ3v) is 5.65. The second-order valence-corrected chi connectivity index (χ2v) is 6.69. The van der Waals surface area contributed by atoms with Crippen LogP contribution in [0.2, 0.25) is 0 Å². The molecule has 1 unspecified atom stereocenters. The van der Waals surface area contributed by atoms with Crippen LogP contribution in [0.15, 0.2) is 30.3 Å². The van der Waals surface area contributed by atoms with E-state index in [2.05, 4.69) is 42.2 Å². The lowest BCUT2D eigenvalue weighted by atomic mass is 9.94. The molecule has 1 aromatic carbocycles. The van der Waals surface area contributed by atoms with Gasteiger partial charge in [-0.25, -0.2) is 0 Å². The van der Waals surface area contributed by atoms with E-state index in [1.54, 1.807) is 0 Å². The fraction of sp³-hybridized carbons (Fsp3) is 0.294. The highest BCUT2D eigenvalue weighted by Crippen LogP contribution is 2.42. The maximum atomic E-state index is 6.20. The van der Waals surface area contributed by atoms with Gasteiger partial charge in [-0.1, -0.05) is 25.1 Å². The van der Waals surface area contributed by atoms with Crippen LogP contribution in [0.25, 0.3) is 22.2 Å². The molecule has 1 aliphatic carbocycles. The van der Waals surface area contributed by atoms with Crippen molar-refractivity contribution in [2.24, 2.45) is 5.73 Å². The van der Waals surface area contributed by atoms with E-state index in [1.165, 1.54) is 37.5 Å². The first kappa shape index (κ1) is 12.2. The Balaban J connectivity index is 1.92. The Morgan fingerprint density at radius 1 is 1.30 bits per heavy atom. The molecule has 0 bridgehead atoms. The van der Waals surface area contributed by atoms with E-state index in [0.717, 1.165) is 19.3 Å². The zero-order valence-electron chi connectivity index (χ0n) is 11.6. The Bertz CT molecular complexity index is 781. The summed E-state index contributed by atoms with van der Waals surface area (Å²) in [6, 6.07) is 11.1. The molecule has 1 aliphatic rings. The molecule has 3 heteroatoms. The average Bonchev–Trinajstić information content (AvgIpc) is 3.07. The Kier molecular flexibility index (Phi) is 2.72. The number of para-hydroxylation sites is 1. The lowest BCUT2D eigenvalue weighted by Crippen LogP contribution is -2.05. The monoisotopic (exact) mass is 282 g/mol. The van der Waals surface area contributed by atoms with E-state index >= 15 is 0 Å². The molecule has 3 N–H and O–H groups in total. The average molecular weight is 282 g/mol. The molecule has 4 rings (SSSR count). The van der Waals surface area contributed by atoms with Gasteiger partial charge in [-0.05, 0) is 37.0 Å². The summed E-state index contributed by atoms with van der Waals surface area (Å²) < 4.78 is 0. The molecule has 0 radical (unpaired) electrons. The molecule has 0 aliphatic heterocycles. The molecule has 0 saturated heterocycles. The molecule has 102 valence electrons. The van der Waals surface area contributed by atoms with Gasteiger partial charge in [0.2, 0.25) is 0 Å². The number of aryl methyl sites for hydroxylation is 2. The molecule has 2 aromatic heterocycles. The third-order valence-electron chi connectivity index (χ3n) is 4.32. The molecule has 2 nitrogen and oxygen atoms in total. The fourth-order valence-corrected chi connectivity index (χ4v) is 4.41. The molecule has 0 fully saturated rings. The second-order valence-electron chi connectivity index (χ2n) is 5.52. The van der Waals surface area contributed by atoms with Crippen molar-refractivity contribution in [3.8, 4) is 11.3 Å². The fourth-order valence-electron chi connectivity index (χ4n) is 3.16. The van der Waals surface area contributed by atoms with Gasteiger partial charge in [0.05, 0.1) is 5.69 Å². The minimum Gasteiger partial charge on any atom is -0.354 e. The van der Waals surface area contributed by atoms with Gasteiger partial charge in [0.25, 0.3) is 0 Å². The summed E-state index contributed by atoms with van der Waals surface area (Å²) in [6.07, 6.45) is 3.28. The van der Waals surface area contributed by atoms with Crippen LogP contribution in [0.3, 0.4) is 0 Å². The van der Waals surface area contributed by atoms with Crippen LogP contribution >= 0.6 is 11.3 Å². The Morgan fingerprint density at radius 3 is 3.00 bits per heavy atom. The van der Waals surface area contributed by atoms with Gasteiger partial charge in [-0.2, -0.15) is 0 Å². The van der Waals surface area contributed by atoms with Crippen LogP contribution in [0.5, 0.6) is 0 Å². The van der Waals surface area contributed by atoms with Gasteiger partial charge in [0.15, 0.2) is 0 Å². The number of aromatic nitrogens is 1. The number of thiophene rings is 1. The van der Waals surface area contributed by atoms with E-state index in [-0.39, 0.29) is 6.04 Å². The number of aromatic amines is 1. The van der Waals surface area contributed by atoms with Crippen LogP contribution < -0.4 is 5.73 Å². The number of nitrogens with two attached hydrogens (primary N) is 1. The van der Waals surface area contributed by atoms with Crippen LogP contribution in [-0.4, -0.2) is 4.98 Å². The van der Waals surface area contributed by atoms with Gasteiger partial charge in [0.1, 0.15) is 0 Å². The SMILES string of the molecule is CCC(N)c1cc2c(s1)CCc1c-2[nH]c2ccccc12. The molecular formula is C17H18N2S. The molecule has 20 heavy (non-hydrogen) atoms. The van der Waals surface area contributed by atoms with Crippen molar-refractivity contribution in [1.82, 2.24) is 4.98 Å². The summed E-state index contributed by atoms with van der Waals surface area (Å²) in [5.41, 5.74) is 11.6. The van der Waals surface area contributed by atoms with E-state index in [1.807, 2.05) is 11.3 Å². The molecule has 0 spiro atoms. The zero-order valence-corrected chi connectivity index (χ0v) is 12.4. The summed E-state index contributed by atoms with van der Waals surface area (Å²) in [7, 11) is 0. The Labute approximate surface area is 122 Å². The van der Waals surface area contributed by atoms with Crippen molar-refractivity contribution in [3.05, 3.63) is 45.6 Å². The first-order valence-electron chi connectivity index (χ1n) is 7.26. The van der Waals surface area contributed by atoms with Gasteiger partial charge < -0.3 is 10.7 Å². The lowest BCUT2D eigenvalue weighted by molar-refractivity contribution is 0.712. The number of fused-ring (bicyclic) bond motifs is 5. The quantitative estimate of drug-likeness (QED) is 0.718. The lowest BCUT2D eigenvalue weighted by Gasteiger charge is -2.11. The maximum absolute atomic E-state index is 6.20. The minimum absolute atomic E-state index is 0.179. The minimum atomic E-state index is 0.179. The van der Waals surface area contributed by atoms with E-state index < -0.39 is 0 Å². The van der Waals surface area contributed by atoms with Crippen molar-refractivity contribution in [2.75, 3.05) is 0 Å². The predicted octanol–water partition coefficient (Wildman–Crippen LogP) is 4.40. The second kappa shape index (κ2) is 4.47. The number of hydrogen-bond acceptors (Lipinski definition) is 2. The van der Waals surface area contributed by atoms with Crippen molar-refractivity contribution in [3.63, 3.8) is 0 Å². The van der Waals surface area contributed by atoms with Crippen LogP contribution in [0.1, 0.15) is 34.7 Å². The highest BCUT2D eigenvalue weighted by Gasteiger charge is 2.23. The largest absolute Gasteiger partial charge is 0.354 e. The Hall–Kier alpha value is -1.58. The van der Waals surface area contributed by atoms with Gasteiger partial charge >= 0.3 is 0 Å². The summed E-state index contributed by atoms with van der Waals surface area (Å²) >= 11 is 1.90. The summed E-state index contributed by atoms with van der Waals surface area (Å²) in [5.74, 6) is 0. The summed E-state index contributed by atoms with van der Waals surface area (Å²) in [6.45, 7) is 2.15. The van der Waals surface area contributed by atoms with Crippen LogP contribution in [-0.2, 0) is 12.8 Å². The van der Waals surface area contributed by atoms with E-state index in [4.69, 9.17) is 5.73 Å². The van der Waals surface area contributed by atoms with Crippen molar-refractivity contribution in [1.29, 1.82) is 0 Å². The van der Waals surface area contributed by atoms with Gasteiger partial charge in [-0.3, -0.25) is 0 Å². The third kappa shape index (κ3) is 1.67. The first-order valence-corrected chi connectivity index (χ1v) is 8.07. The summed E-state index contributed by atoms with van der Waals surface area (Å²) in [5, 5.41) is 1.38. The molecule has 3 aromatic rings. The van der Waals surface area contributed by atoms with E-state index in [9.17, 15) is 0 Å². The van der Waals surface area contributed by atoms with Crippen LogP contribution in [0.4, 0.5) is 0 Å². The molecule has 0 saturated carbocycles. The topological polar surface area (TPSA) is 41.8 Å². The van der Waals surface area contributed by atoms with Crippen molar-refractivity contribution in [2.45, 2.75) is 32.2 Å². The van der Waals surface area contributed by atoms with Gasteiger partial charge in [-0.15, -0.1) is 11.3 Å². The van der Waals surface area contributed by atoms with Crippen molar-refractivity contribution >= 4 is 22.2 Å². The number of benzene rings is 1. The van der Waals surface area contributed by atoms with E-state index in [0.29, 0.717) is 0 Å². The van der Waals surface area contributed by atoms with Crippen molar-refractivity contribution < 1.29 is 0 Å². The highest BCUT2D eigenvalue weighted by atomic mass is 32.1. The number of H-pyrrole nitrogens is 1. The first-order chi connectivity index (χ1) is 9.78. The number of hydrogen-bond donors (Lipinski definition) is 2. The molecule has 0 amide bonds. The van der Waals surface area contributed by atoms with Crippen LogP contribution in [0, 0.1) is 0 Å². The highest BCUT2D eigenvalue weighted by molar-refractivity contribution is 7.12. The summed E-state index contributed by atoms with van der Waals surface area (Å²) in [4.78, 5) is 6.42. The molecular weight excluding hydrogens is 264 g/mol. The molecule has 2 heterocycles. The standard InChI is InChI=1S/C17H18N2S/c1-2-13(18)16-9-12-15(20-16)8-7-11-10-5-3-4-6-14(10)19-17(11)12/h3-6,9,13,19H,2,7-8,18H2,1H3. The maximum Gasteiger partial charge on any atom is 0.0508 e. The number of nitrogens with one attached hydrogen (secondary N) is 1. The zero-order chi connectivity index (χ0) is 13.7. The number of rotatable bonds is 2. The normalized spacial score (nSPS) is 15.1. The predicted molar refractivity (Wildman–Crippen MR) is 86.2 cm³/mol.